The molecular formula is C20H26N2O5S2. The highest BCUT2D eigenvalue weighted by atomic mass is 32.2. The summed E-state index contributed by atoms with van der Waals surface area (Å²) in [5.74, 6) is 1.19. The van der Waals surface area contributed by atoms with Gasteiger partial charge in [-0.25, -0.2) is 8.42 Å². The van der Waals surface area contributed by atoms with Crippen LogP contribution < -0.4 is 0 Å². The molecule has 0 radical (unpaired) electrons. The third-order valence-corrected chi connectivity index (χ3v) is 9.18. The van der Waals surface area contributed by atoms with Crippen LogP contribution in [0.4, 0.5) is 0 Å². The van der Waals surface area contributed by atoms with Gasteiger partial charge < -0.3 is 9.15 Å². The highest BCUT2D eigenvalue weighted by molar-refractivity contribution is 7.91. The Kier molecular flexibility index (Phi) is 5.83. The molecule has 2 saturated heterocycles. The van der Waals surface area contributed by atoms with E-state index >= 15 is 0 Å². The molecule has 0 saturated carbocycles. The molecular weight excluding hydrogens is 412 g/mol. The Balaban J connectivity index is 1.31. The summed E-state index contributed by atoms with van der Waals surface area (Å²) in [7, 11) is -3.35. The van der Waals surface area contributed by atoms with Gasteiger partial charge in [0.15, 0.2) is 0 Å². The Bertz CT molecular complexity index is 943. The van der Waals surface area contributed by atoms with E-state index < -0.39 is 10.0 Å². The summed E-state index contributed by atoms with van der Waals surface area (Å²) in [5, 5.41) is 1.81. The summed E-state index contributed by atoms with van der Waals surface area (Å²) in [5.41, 5.74) is 0.189. The number of carbonyl (C=O) groups excluding carboxylic acids is 1. The van der Waals surface area contributed by atoms with E-state index in [-0.39, 0.29) is 18.0 Å². The molecule has 2 aromatic rings. The van der Waals surface area contributed by atoms with Gasteiger partial charge in [-0.05, 0) is 54.8 Å². The van der Waals surface area contributed by atoms with E-state index in [1.54, 1.807) is 21.8 Å². The third-order valence-electron chi connectivity index (χ3n) is 5.90. The number of thiophene rings is 1. The molecule has 9 heteroatoms. The first kappa shape index (κ1) is 20.6. The monoisotopic (exact) mass is 438 g/mol. The van der Waals surface area contributed by atoms with Crippen LogP contribution in [0.25, 0.3) is 0 Å². The number of carbonyl (C=O) groups is 1. The predicted molar refractivity (Wildman–Crippen MR) is 109 cm³/mol. The van der Waals surface area contributed by atoms with Gasteiger partial charge >= 0.3 is 5.97 Å². The predicted octanol–water partition coefficient (Wildman–Crippen LogP) is 3.08. The number of sulfonamides is 1. The lowest BCUT2D eigenvalue weighted by Crippen LogP contribution is -2.44. The highest BCUT2D eigenvalue weighted by Gasteiger charge is 2.43. The van der Waals surface area contributed by atoms with Crippen molar-refractivity contribution in [1.82, 2.24) is 9.21 Å². The van der Waals surface area contributed by atoms with Crippen LogP contribution in [0, 0.1) is 5.41 Å². The van der Waals surface area contributed by atoms with Crippen molar-refractivity contribution in [1.29, 1.82) is 0 Å². The van der Waals surface area contributed by atoms with E-state index in [4.69, 9.17) is 9.15 Å². The minimum atomic E-state index is -3.35. The Morgan fingerprint density at radius 2 is 1.90 bits per heavy atom. The second-order valence-electron chi connectivity index (χ2n) is 7.95. The molecule has 4 heterocycles. The molecule has 0 bridgehead atoms. The van der Waals surface area contributed by atoms with E-state index in [1.807, 2.05) is 12.1 Å². The minimum absolute atomic E-state index is 0.161. The van der Waals surface area contributed by atoms with Crippen LogP contribution in [0.5, 0.6) is 0 Å². The number of likely N-dealkylation sites (tertiary alicyclic amines) is 1. The summed E-state index contributed by atoms with van der Waals surface area (Å²) in [4.78, 5) is 13.3. The van der Waals surface area contributed by atoms with Crippen molar-refractivity contribution in [2.45, 2.75) is 43.5 Å². The molecule has 7 nitrogen and oxygen atoms in total. The summed E-state index contributed by atoms with van der Waals surface area (Å²) in [6, 6.07) is 7.24. The van der Waals surface area contributed by atoms with E-state index in [1.165, 1.54) is 18.3 Å². The molecule has 2 aliphatic rings. The van der Waals surface area contributed by atoms with Crippen LogP contribution in [0.1, 0.15) is 37.7 Å². The van der Waals surface area contributed by atoms with Crippen molar-refractivity contribution in [3.8, 4) is 0 Å². The molecule has 2 aliphatic heterocycles. The van der Waals surface area contributed by atoms with Crippen molar-refractivity contribution < 1.29 is 22.4 Å². The Labute approximate surface area is 175 Å². The molecule has 0 aliphatic carbocycles. The fraction of sp³-hybridized carbons (Fsp3) is 0.550. The highest BCUT2D eigenvalue weighted by Crippen LogP contribution is 2.42. The van der Waals surface area contributed by atoms with Gasteiger partial charge in [0.25, 0.3) is 10.0 Å². The van der Waals surface area contributed by atoms with Gasteiger partial charge in [0.1, 0.15) is 22.3 Å². The van der Waals surface area contributed by atoms with Crippen LogP contribution in [-0.4, -0.2) is 49.8 Å². The van der Waals surface area contributed by atoms with Gasteiger partial charge in [0.2, 0.25) is 0 Å². The average Bonchev–Trinajstić information content (AvgIpc) is 3.43. The maximum Gasteiger partial charge on any atom is 0.303 e. The number of ether oxygens (including phenoxy) is 1. The van der Waals surface area contributed by atoms with E-state index in [2.05, 4.69) is 4.90 Å². The normalized spacial score (nSPS) is 20.3. The minimum Gasteiger partial charge on any atom is -0.461 e. The second kappa shape index (κ2) is 8.22. The second-order valence-corrected chi connectivity index (χ2v) is 11.1. The number of rotatable bonds is 6. The Morgan fingerprint density at radius 3 is 2.59 bits per heavy atom. The van der Waals surface area contributed by atoms with Gasteiger partial charge in [0.05, 0.1) is 6.54 Å². The summed E-state index contributed by atoms with van der Waals surface area (Å²) in [6.45, 7) is 5.37. The lowest BCUT2D eigenvalue weighted by molar-refractivity contribution is -0.142. The van der Waals surface area contributed by atoms with E-state index in [0.29, 0.717) is 23.1 Å². The first-order chi connectivity index (χ1) is 13.9. The molecule has 0 atom stereocenters. The van der Waals surface area contributed by atoms with Crippen LogP contribution in [0.15, 0.2) is 38.3 Å². The maximum absolute atomic E-state index is 12.7. The first-order valence-corrected chi connectivity index (χ1v) is 12.2. The van der Waals surface area contributed by atoms with E-state index in [0.717, 1.165) is 44.7 Å². The van der Waals surface area contributed by atoms with Crippen molar-refractivity contribution in [3.63, 3.8) is 0 Å². The molecule has 4 rings (SSSR count). The molecule has 2 fully saturated rings. The SMILES string of the molecule is CC(=O)OCc1ccc(CN2CCC3(CCN(S(=O)(=O)c4cccs4)CC3)C2)o1. The quantitative estimate of drug-likeness (QED) is 0.645. The van der Waals surface area contributed by atoms with Crippen LogP contribution in [0.2, 0.25) is 0 Å². The third kappa shape index (κ3) is 4.58. The standard InChI is InChI=1S/C20H26N2O5S2/c1-16(23)26-14-18-5-4-17(27-18)13-21-9-6-20(15-21)7-10-22(11-8-20)29(24,25)19-3-2-12-28-19/h2-5,12H,6-11,13-15H2,1H3. The van der Waals surface area contributed by atoms with Crippen LogP contribution in [0.3, 0.4) is 0 Å². The smallest absolute Gasteiger partial charge is 0.303 e. The number of hydrogen-bond donors (Lipinski definition) is 0. The van der Waals surface area contributed by atoms with Gasteiger partial charge in [-0.3, -0.25) is 9.69 Å². The zero-order valence-electron chi connectivity index (χ0n) is 16.5. The van der Waals surface area contributed by atoms with Crippen molar-refractivity contribution >= 4 is 27.3 Å². The summed E-state index contributed by atoms with van der Waals surface area (Å²) >= 11 is 1.28. The van der Waals surface area contributed by atoms with Crippen molar-refractivity contribution in [2.24, 2.45) is 5.41 Å². The van der Waals surface area contributed by atoms with Crippen molar-refractivity contribution in [3.05, 3.63) is 41.2 Å². The molecule has 29 heavy (non-hydrogen) atoms. The lowest BCUT2D eigenvalue weighted by atomic mass is 9.78. The average molecular weight is 439 g/mol. The maximum atomic E-state index is 12.7. The molecule has 0 unspecified atom stereocenters. The van der Waals surface area contributed by atoms with Gasteiger partial charge in [-0.1, -0.05) is 6.07 Å². The lowest BCUT2D eigenvalue weighted by Gasteiger charge is -2.38. The van der Waals surface area contributed by atoms with Crippen molar-refractivity contribution in [2.75, 3.05) is 26.2 Å². The fourth-order valence-corrected chi connectivity index (χ4v) is 6.87. The summed E-state index contributed by atoms with van der Waals surface area (Å²) < 4.78 is 38.3. The molecule has 1 spiro atoms. The number of hydrogen-bond acceptors (Lipinski definition) is 7. The topological polar surface area (TPSA) is 80.1 Å². The van der Waals surface area contributed by atoms with Crippen LogP contribution >= 0.6 is 11.3 Å². The number of piperidine rings is 1. The van der Waals surface area contributed by atoms with Gasteiger partial charge in [-0.15, -0.1) is 11.3 Å². The molecule has 2 aromatic heterocycles. The van der Waals surface area contributed by atoms with Crippen LogP contribution in [-0.2, 0) is 32.7 Å². The number of nitrogens with zero attached hydrogens (tertiary/aromatic N) is 2. The zero-order valence-corrected chi connectivity index (χ0v) is 18.1. The number of esters is 1. The summed E-state index contributed by atoms with van der Waals surface area (Å²) in [6.07, 6.45) is 2.87. The van der Waals surface area contributed by atoms with Gasteiger partial charge in [0, 0.05) is 26.6 Å². The largest absolute Gasteiger partial charge is 0.461 e. The van der Waals surface area contributed by atoms with E-state index in [9.17, 15) is 13.2 Å². The first-order valence-electron chi connectivity index (χ1n) is 9.83. The molecule has 0 aromatic carbocycles. The Morgan fingerprint density at radius 1 is 1.17 bits per heavy atom. The fourth-order valence-electron chi connectivity index (χ4n) is 4.29. The number of furan rings is 1. The zero-order chi connectivity index (χ0) is 20.5. The molecule has 0 amide bonds. The molecule has 0 N–H and O–H groups in total. The molecule has 158 valence electrons. The Hall–Kier alpha value is -1.68. The van der Waals surface area contributed by atoms with Gasteiger partial charge in [-0.2, -0.15) is 4.31 Å².